The van der Waals surface area contributed by atoms with Crippen LogP contribution in [0.5, 0.6) is 0 Å². The number of aromatic nitrogens is 2. The second-order valence-electron chi connectivity index (χ2n) is 6.71. The number of carbonyl (C=O) groups is 2. The molecule has 2 aromatic heterocycles. The van der Waals surface area contributed by atoms with Crippen LogP contribution in [0.1, 0.15) is 30.7 Å². The summed E-state index contributed by atoms with van der Waals surface area (Å²) < 4.78 is 1.64. The summed E-state index contributed by atoms with van der Waals surface area (Å²) in [5.74, 6) is 0.227. The molecule has 1 aliphatic rings. The zero-order chi connectivity index (χ0) is 19.6. The van der Waals surface area contributed by atoms with E-state index < -0.39 is 0 Å². The molecular weight excluding hydrogens is 384 g/mol. The summed E-state index contributed by atoms with van der Waals surface area (Å²) in [5, 5.41) is 6.32. The second-order valence-corrected chi connectivity index (χ2v) is 8.74. The number of hydrogen-bond acceptors (Lipinski definition) is 6. The molecule has 0 unspecified atom stereocenters. The standard InChI is InChI=1S/C18H24N4O3S2/c1-4-22-17(25)15-11-6-5-10(2)7-12(11)27-16(15)21-18(22)26-9-14(24)20-8-13(23)19-3/h10H,4-9H2,1-3H3,(H,19,23)(H,20,24)/t10-/m1/s1. The maximum absolute atomic E-state index is 13.1. The fourth-order valence-corrected chi connectivity index (χ4v) is 5.56. The van der Waals surface area contributed by atoms with E-state index in [1.807, 2.05) is 6.92 Å². The van der Waals surface area contributed by atoms with Gasteiger partial charge in [0, 0.05) is 18.5 Å². The van der Waals surface area contributed by atoms with E-state index in [4.69, 9.17) is 4.98 Å². The number of carbonyl (C=O) groups excluding carboxylic acids is 2. The molecule has 27 heavy (non-hydrogen) atoms. The lowest BCUT2D eigenvalue weighted by atomic mass is 9.89. The van der Waals surface area contributed by atoms with Crippen LogP contribution in [0.25, 0.3) is 10.2 Å². The number of rotatable bonds is 6. The van der Waals surface area contributed by atoms with Crippen molar-refractivity contribution in [3.63, 3.8) is 0 Å². The highest BCUT2D eigenvalue weighted by atomic mass is 32.2. The molecule has 0 radical (unpaired) electrons. The summed E-state index contributed by atoms with van der Waals surface area (Å²) >= 11 is 2.84. The number of likely N-dealkylation sites (N-methyl/N-ethyl adjacent to an activating group) is 1. The molecule has 0 fully saturated rings. The van der Waals surface area contributed by atoms with Crippen molar-refractivity contribution in [2.45, 2.75) is 44.8 Å². The van der Waals surface area contributed by atoms with Crippen LogP contribution in [0.15, 0.2) is 9.95 Å². The van der Waals surface area contributed by atoms with Crippen molar-refractivity contribution in [3.8, 4) is 0 Å². The summed E-state index contributed by atoms with van der Waals surface area (Å²) in [6, 6.07) is 0. The van der Waals surface area contributed by atoms with Gasteiger partial charge in [0.05, 0.1) is 17.7 Å². The van der Waals surface area contributed by atoms with Crippen molar-refractivity contribution >= 4 is 45.1 Å². The normalized spacial score (nSPS) is 16.2. The molecule has 0 spiro atoms. The minimum atomic E-state index is -0.264. The third-order valence-corrected chi connectivity index (χ3v) is 6.88. The van der Waals surface area contributed by atoms with Crippen LogP contribution in [0.4, 0.5) is 0 Å². The Kier molecular flexibility index (Phi) is 6.21. The number of hydrogen-bond donors (Lipinski definition) is 2. The molecule has 3 rings (SSSR count). The highest BCUT2D eigenvalue weighted by Gasteiger charge is 2.24. The molecular formula is C18H24N4O3S2. The van der Waals surface area contributed by atoms with Crippen molar-refractivity contribution in [2.24, 2.45) is 5.92 Å². The Morgan fingerprint density at radius 3 is 2.85 bits per heavy atom. The minimum Gasteiger partial charge on any atom is -0.358 e. The molecule has 0 saturated carbocycles. The Balaban J connectivity index is 1.84. The Labute approximate surface area is 165 Å². The average molecular weight is 409 g/mol. The molecule has 146 valence electrons. The van der Waals surface area contributed by atoms with Crippen LogP contribution < -0.4 is 16.2 Å². The van der Waals surface area contributed by atoms with E-state index in [9.17, 15) is 14.4 Å². The molecule has 1 atom stereocenters. The maximum Gasteiger partial charge on any atom is 0.263 e. The third-order valence-electron chi connectivity index (χ3n) is 4.75. The lowest BCUT2D eigenvalue weighted by Gasteiger charge is -2.17. The number of thiophene rings is 1. The fraction of sp³-hybridized carbons (Fsp3) is 0.556. The van der Waals surface area contributed by atoms with Gasteiger partial charge in [-0.05, 0) is 37.7 Å². The molecule has 2 N–H and O–H groups in total. The maximum atomic E-state index is 13.1. The van der Waals surface area contributed by atoms with E-state index in [1.165, 1.54) is 29.3 Å². The largest absolute Gasteiger partial charge is 0.358 e. The Morgan fingerprint density at radius 2 is 2.15 bits per heavy atom. The van der Waals surface area contributed by atoms with Gasteiger partial charge in [-0.25, -0.2) is 4.98 Å². The zero-order valence-electron chi connectivity index (χ0n) is 15.8. The highest BCUT2D eigenvalue weighted by molar-refractivity contribution is 7.99. The van der Waals surface area contributed by atoms with Crippen molar-refractivity contribution in [1.82, 2.24) is 20.2 Å². The predicted octanol–water partition coefficient (Wildman–Crippen LogP) is 1.56. The molecule has 0 bridgehead atoms. The van der Waals surface area contributed by atoms with Gasteiger partial charge in [-0.15, -0.1) is 11.3 Å². The second kappa shape index (κ2) is 8.43. The summed E-state index contributed by atoms with van der Waals surface area (Å²) in [4.78, 5) is 43.0. The van der Waals surface area contributed by atoms with Crippen LogP contribution >= 0.6 is 23.1 Å². The molecule has 7 nitrogen and oxygen atoms in total. The van der Waals surface area contributed by atoms with Gasteiger partial charge in [0.15, 0.2) is 5.16 Å². The first-order chi connectivity index (χ1) is 12.9. The van der Waals surface area contributed by atoms with E-state index in [0.29, 0.717) is 17.6 Å². The Morgan fingerprint density at radius 1 is 1.37 bits per heavy atom. The number of nitrogens with zero attached hydrogens (tertiary/aromatic N) is 2. The molecule has 2 amide bonds. The minimum absolute atomic E-state index is 0.0113. The van der Waals surface area contributed by atoms with Gasteiger partial charge in [0.1, 0.15) is 4.83 Å². The van der Waals surface area contributed by atoms with E-state index in [-0.39, 0.29) is 29.7 Å². The average Bonchev–Trinajstić information content (AvgIpc) is 3.01. The zero-order valence-corrected chi connectivity index (χ0v) is 17.4. The topological polar surface area (TPSA) is 93.1 Å². The molecule has 0 aromatic carbocycles. The molecule has 9 heteroatoms. The SMILES string of the molecule is CCn1c(SCC(=O)NCC(=O)NC)nc2sc3c(c2c1=O)CC[C@@H](C)C3. The van der Waals surface area contributed by atoms with Crippen molar-refractivity contribution in [1.29, 1.82) is 0 Å². The van der Waals surface area contributed by atoms with Gasteiger partial charge < -0.3 is 10.6 Å². The quantitative estimate of drug-likeness (QED) is 0.559. The van der Waals surface area contributed by atoms with Crippen molar-refractivity contribution < 1.29 is 9.59 Å². The lowest BCUT2D eigenvalue weighted by Crippen LogP contribution is -2.36. The Bertz CT molecular complexity index is 935. The fourth-order valence-electron chi connectivity index (χ4n) is 3.24. The third kappa shape index (κ3) is 4.19. The molecule has 2 aromatic rings. The van der Waals surface area contributed by atoms with E-state index >= 15 is 0 Å². The number of thioether (sulfide) groups is 1. The van der Waals surface area contributed by atoms with Gasteiger partial charge in [-0.1, -0.05) is 18.7 Å². The number of amides is 2. The molecule has 0 aliphatic heterocycles. The van der Waals surface area contributed by atoms with Crippen LogP contribution in [0, 0.1) is 5.92 Å². The molecule has 2 heterocycles. The summed E-state index contributed by atoms with van der Waals surface area (Å²) in [7, 11) is 1.52. The first kappa shape index (κ1) is 19.9. The first-order valence-electron chi connectivity index (χ1n) is 9.09. The van der Waals surface area contributed by atoms with Crippen LogP contribution in [-0.2, 0) is 29.0 Å². The van der Waals surface area contributed by atoms with Gasteiger partial charge in [0.2, 0.25) is 11.8 Å². The van der Waals surface area contributed by atoms with Gasteiger partial charge in [0.25, 0.3) is 5.56 Å². The molecule has 1 aliphatic carbocycles. The van der Waals surface area contributed by atoms with Crippen LogP contribution in [-0.4, -0.2) is 40.7 Å². The Hall–Kier alpha value is -1.87. The van der Waals surface area contributed by atoms with Crippen LogP contribution in [0.3, 0.4) is 0 Å². The summed E-state index contributed by atoms with van der Waals surface area (Å²) in [6.07, 6.45) is 3.05. The monoisotopic (exact) mass is 408 g/mol. The van der Waals surface area contributed by atoms with E-state index in [1.54, 1.807) is 15.9 Å². The number of aryl methyl sites for hydroxylation is 1. The van der Waals surface area contributed by atoms with Gasteiger partial charge >= 0.3 is 0 Å². The number of fused-ring (bicyclic) bond motifs is 3. The van der Waals surface area contributed by atoms with E-state index in [2.05, 4.69) is 17.6 Å². The first-order valence-corrected chi connectivity index (χ1v) is 10.9. The highest BCUT2D eigenvalue weighted by Crippen LogP contribution is 2.36. The number of nitrogens with one attached hydrogen (secondary N) is 2. The lowest BCUT2D eigenvalue weighted by molar-refractivity contribution is -0.124. The van der Waals surface area contributed by atoms with Gasteiger partial charge in [-0.2, -0.15) is 0 Å². The van der Waals surface area contributed by atoms with Crippen molar-refractivity contribution in [2.75, 3.05) is 19.3 Å². The summed E-state index contributed by atoms with van der Waals surface area (Å²) in [6.45, 7) is 4.60. The van der Waals surface area contributed by atoms with Crippen molar-refractivity contribution in [3.05, 3.63) is 20.8 Å². The van der Waals surface area contributed by atoms with Gasteiger partial charge in [-0.3, -0.25) is 19.0 Å². The predicted molar refractivity (Wildman–Crippen MR) is 109 cm³/mol. The van der Waals surface area contributed by atoms with Crippen LogP contribution in [0.2, 0.25) is 0 Å². The van der Waals surface area contributed by atoms with E-state index in [0.717, 1.165) is 29.5 Å². The summed E-state index contributed by atoms with van der Waals surface area (Å²) in [5.41, 5.74) is 1.16. The molecule has 0 saturated heterocycles. The smallest absolute Gasteiger partial charge is 0.263 e.